The van der Waals surface area contributed by atoms with Crippen molar-refractivity contribution in [1.82, 2.24) is 10.2 Å². The van der Waals surface area contributed by atoms with E-state index in [-0.39, 0.29) is 5.41 Å². The predicted molar refractivity (Wildman–Crippen MR) is 58.5 cm³/mol. The number of carbonyl (C=O) groups is 1. The molecule has 15 heavy (non-hydrogen) atoms. The highest BCUT2D eigenvalue weighted by atomic mass is 16.2. The fourth-order valence-electron chi connectivity index (χ4n) is 2.91. The third-order valence-corrected chi connectivity index (χ3v) is 4.33. The summed E-state index contributed by atoms with van der Waals surface area (Å²) in [6, 6.07) is 1.25. The van der Waals surface area contributed by atoms with Crippen LogP contribution in [-0.4, -0.2) is 36.0 Å². The van der Waals surface area contributed by atoms with Gasteiger partial charge in [-0.3, -0.25) is 4.79 Å². The van der Waals surface area contributed by atoms with Crippen LogP contribution in [0.4, 0.5) is 0 Å². The van der Waals surface area contributed by atoms with Gasteiger partial charge in [0.05, 0.1) is 0 Å². The van der Waals surface area contributed by atoms with Crippen LogP contribution in [0.15, 0.2) is 0 Å². The molecule has 2 bridgehead atoms. The molecule has 2 atom stereocenters. The molecule has 0 aromatic carbocycles. The third kappa shape index (κ3) is 1.67. The van der Waals surface area contributed by atoms with Crippen molar-refractivity contribution in [2.24, 2.45) is 5.41 Å². The Bertz CT molecular complexity index is 285. The molecule has 84 valence electrons. The minimum Gasteiger partial charge on any atom is -0.341 e. The number of carbonyl (C=O) groups excluding carboxylic acids is 1. The first-order valence-electron chi connectivity index (χ1n) is 6.23. The maximum atomic E-state index is 12.2. The van der Waals surface area contributed by atoms with Crippen LogP contribution in [0, 0.1) is 5.41 Å². The second-order valence-electron chi connectivity index (χ2n) is 5.74. The van der Waals surface area contributed by atoms with Gasteiger partial charge in [0.15, 0.2) is 0 Å². The molecule has 3 rings (SSSR count). The lowest BCUT2D eigenvalue weighted by Crippen LogP contribution is -2.42. The molecule has 0 spiro atoms. The fourth-order valence-corrected chi connectivity index (χ4v) is 2.91. The molecule has 2 heterocycles. The molecule has 1 saturated carbocycles. The molecule has 1 amide bonds. The molecule has 3 aliphatic rings. The second kappa shape index (κ2) is 3.21. The topological polar surface area (TPSA) is 32.3 Å². The first-order chi connectivity index (χ1) is 7.17. The Kier molecular flexibility index (Phi) is 2.06. The molecule has 1 N–H and O–H groups in total. The van der Waals surface area contributed by atoms with Gasteiger partial charge in [-0.1, -0.05) is 6.92 Å². The predicted octanol–water partition coefficient (Wildman–Crippen LogP) is 1.14. The second-order valence-corrected chi connectivity index (χ2v) is 5.74. The number of nitrogens with one attached hydrogen (secondary N) is 1. The number of amides is 1. The van der Waals surface area contributed by atoms with E-state index >= 15 is 0 Å². The molecule has 3 heteroatoms. The van der Waals surface area contributed by atoms with Crippen LogP contribution in [0.5, 0.6) is 0 Å². The van der Waals surface area contributed by atoms with Crippen LogP contribution in [0.25, 0.3) is 0 Å². The van der Waals surface area contributed by atoms with Crippen LogP contribution < -0.4 is 5.32 Å². The average molecular weight is 208 g/mol. The van der Waals surface area contributed by atoms with E-state index in [9.17, 15) is 4.79 Å². The standard InChI is InChI=1S/C12H20N2O/c1-12(5-6-12)11(15)14-7-4-9-2-3-10(8-14)13-9/h9-10,13H,2-8H2,1H3. The van der Waals surface area contributed by atoms with E-state index in [1.54, 1.807) is 0 Å². The lowest BCUT2D eigenvalue weighted by Gasteiger charge is -2.27. The Morgan fingerprint density at radius 3 is 2.73 bits per heavy atom. The minimum absolute atomic E-state index is 0.0174. The van der Waals surface area contributed by atoms with Gasteiger partial charge in [-0.05, 0) is 32.1 Å². The van der Waals surface area contributed by atoms with Gasteiger partial charge in [0.1, 0.15) is 0 Å². The van der Waals surface area contributed by atoms with Gasteiger partial charge in [0, 0.05) is 30.6 Å². The summed E-state index contributed by atoms with van der Waals surface area (Å²) < 4.78 is 0. The first kappa shape index (κ1) is 9.64. The summed E-state index contributed by atoms with van der Waals surface area (Å²) >= 11 is 0. The number of rotatable bonds is 1. The van der Waals surface area contributed by atoms with E-state index < -0.39 is 0 Å². The zero-order valence-electron chi connectivity index (χ0n) is 9.46. The number of hydrogen-bond donors (Lipinski definition) is 1. The number of likely N-dealkylation sites (tertiary alicyclic amines) is 1. The van der Waals surface area contributed by atoms with Gasteiger partial charge < -0.3 is 10.2 Å². The molecule has 0 radical (unpaired) electrons. The van der Waals surface area contributed by atoms with Gasteiger partial charge in [-0.15, -0.1) is 0 Å². The number of fused-ring (bicyclic) bond motifs is 2. The van der Waals surface area contributed by atoms with Crippen LogP contribution in [0.2, 0.25) is 0 Å². The summed E-state index contributed by atoms with van der Waals surface area (Å²) in [6.07, 6.45) is 5.92. The van der Waals surface area contributed by atoms with Crippen molar-refractivity contribution in [2.45, 2.75) is 51.1 Å². The highest BCUT2D eigenvalue weighted by Gasteiger charge is 2.48. The smallest absolute Gasteiger partial charge is 0.228 e. The lowest BCUT2D eigenvalue weighted by atomic mass is 10.0. The molecule has 1 aliphatic carbocycles. The van der Waals surface area contributed by atoms with E-state index in [0.29, 0.717) is 18.0 Å². The summed E-state index contributed by atoms with van der Waals surface area (Å²) in [7, 11) is 0. The molecule has 3 fully saturated rings. The summed E-state index contributed by atoms with van der Waals surface area (Å²) in [4.78, 5) is 14.3. The van der Waals surface area contributed by atoms with E-state index in [0.717, 1.165) is 32.4 Å². The highest BCUT2D eigenvalue weighted by Crippen LogP contribution is 2.46. The Balaban J connectivity index is 1.69. The maximum Gasteiger partial charge on any atom is 0.228 e. The van der Waals surface area contributed by atoms with Crippen molar-refractivity contribution in [3.63, 3.8) is 0 Å². The van der Waals surface area contributed by atoms with E-state index in [1.165, 1.54) is 12.8 Å². The Labute approximate surface area is 91.2 Å². The summed E-state index contributed by atoms with van der Waals surface area (Å²) in [6.45, 7) is 4.04. The molecule has 3 nitrogen and oxygen atoms in total. The summed E-state index contributed by atoms with van der Waals surface area (Å²) in [5.41, 5.74) is 0.0174. The summed E-state index contributed by atoms with van der Waals surface area (Å²) in [5, 5.41) is 3.62. The largest absolute Gasteiger partial charge is 0.341 e. The number of hydrogen-bond acceptors (Lipinski definition) is 2. The molecule has 2 saturated heterocycles. The lowest BCUT2D eigenvalue weighted by molar-refractivity contribution is -0.136. The van der Waals surface area contributed by atoms with E-state index in [1.807, 2.05) is 0 Å². The fraction of sp³-hybridized carbons (Fsp3) is 0.917. The van der Waals surface area contributed by atoms with Crippen molar-refractivity contribution in [3.8, 4) is 0 Å². The minimum atomic E-state index is 0.0174. The van der Waals surface area contributed by atoms with Crippen molar-refractivity contribution < 1.29 is 4.79 Å². The zero-order chi connectivity index (χ0) is 10.5. The van der Waals surface area contributed by atoms with Crippen molar-refractivity contribution in [2.75, 3.05) is 13.1 Å². The van der Waals surface area contributed by atoms with Crippen LogP contribution >= 0.6 is 0 Å². The third-order valence-electron chi connectivity index (χ3n) is 4.33. The molecule has 2 unspecified atom stereocenters. The molecular formula is C12H20N2O. The Morgan fingerprint density at radius 2 is 2.00 bits per heavy atom. The average Bonchev–Trinajstić information content (AvgIpc) is 2.84. The first-order valence-corrected chi connectivity index (χ1v) is 6.23. The van der Waals surface area contributed by atoms with Crippen molar-refractivity contribution in [3.05, 3.63) is 0 Å². The zero-order valence-corrected chi connectivity index (χ0v) is 9.46. The van der Waals surface area contributed by atoms with E-state index in [2.05, 4.69) is 17.1 Å². The monoisotopic (exact) mass is 208 g/mol. The highest BCUT2D eigenvalue weighted by molar-refractivity contribution is 5.85. The van der Waals surface area contributed by atoms with Crippen molar-refractivity contribution in [1.29, 1.82) is 0 Å². The maximum absolute atomic E-state index is 12.2. The Morgan fingerprint density at radius 1 is 1.27 bits per heavy atom. The van der Waals surface area contributed by atoms with Gasteiger partial charge >= 0.3 is 0 Å². The Hall–Kier alpha value is -0.570. The van der Waals surface area contributed by atoms with Gasteiger partial charge in [0.25, 0.3) is 0 Å². The van der Waals surface area contributed by atoms with Crippen LogP contribution in [-0.2, 0) is 4.79 Å². The van der Waals surface area contributed by atoms with E-state index in [4.69, 9.17) is 0 Å². The molecule has 2 aliphatic heterocycles. The molecule has 0 aromatic heterocycles. The van der Waals surface area contributed by atoms with Gasteiger partial charge in [-0.25, -0.2) is 0 Å². The van der Waals surface area contributed by atoms with Crippen molar-refractivity contribution >= 4 is 5.91 Å². The molecule has 0 aromatic rings. The SMILES string of the molecule is CC1(C(=O)N2CCC3CCC(C2)N3)CC1. The normalized spacial score (nSPS) is 37.5. The van der Waals surface area contributed by atoms with Gasteiger partial charge in [0.2, 0.25) is 5.91 Å². The van der Waals surface area contributed by atoms with Crippen LogP contribution in [0.1, 0.15) is 39.0 Å². The molecular weight excluding hydrogens is 188 g/mol. The quantitative estimate of drug-likeness (QED) is 0.701. The van der Waals surface area contributed by atoms with Crippen LogP contribution in [0.3, 0.4) is 0 Å². The van der Waals surface area contributed by atoms with Gasteiger partial charge in [-0.2, -0.15) is 0 Å². The summed E-state index contributed by atoms with van der Waals surface area (Å²) in [5.74, 6) is 0.414. The number of nitrogens with zero attached hydrogens (tertiary/aromatic N) is 1.